The lowest BCUT2D eigenvalue weighted by Crippen LogP contribution is -2.23. The summed E-state index contributed by atoms with van der Waals surface area (Å²) >= 11 is 0. The Labute approximate surface area is 102 Å². The van der Waals surface area contributed by atoms with E-state index in [-0.39, 0.29) is 11.9 Å². The van der Waals surface area contributed by atoms with Gasteiger partial charge in [0.25, 0.3) is 0 Å². The fraction of sp³-hybridized carbons (Fsp3) is 0.692. The Morgan fingerprint density at radius 3 is 3.18 bits per heavy atom. The first kappa shape index (κ1) is 12.3. The first-order valence-electron chi connectivity index (χ1n) is 6.48. The van der Waals surface area contributed by atoms with Crippen LogP contribution in [0.1, 0.15) is 49.5 Å². The summed E-state index contributed by atoms with van der Waals surface area (Å²) in [4.78, 5) is 12.1. The van der Waals surface area contributed by atoms with E-state index >= 15 is 0 Å². The van der Waals surface area contributed by atoms with Crippen molar-refractivity contribution in [3.63, 3.8) is 0 Å². The molecule has 1 fully saturated rings. The van der Waals surface area contributed by atoms with E-state index in [0.717, 1.165) is 38.1 Å². The first-order valence-corrected chi connectivity index (χ1v) is 6.48. The van der Waals surface area contributed by atoms with Gasteiger partial charge in [-0.3, -0.25) is 9.48 Å². The predicted molar refractivity (Wildman–Crippen MR) is 65.1 cm³/mol. The molecule has 0 radical (unpaired) electrons. The molecule has 0 N–H and O–H groups in total. The van der Waals surface area contributed by atoms with Crippen molar-refractivity contribution in [2.24, 2.45) is 0 Å². The molecular weight excluding hydrogens is 216 g/mol. The molecule has 0 aromatic carbocycles. The zero-order valence-electron chi connectivity index (χ0n) is 10.4. The van der Waals surface area contributed by atoms with Crippen LogP contribution in [0.15, 0.2) is 12.3 Å². The van der Waals surface area contributed by atoms with Gasteiger partial charge < -0.3 is 4.74 Å². The predicted octanol–water partition coefficient (Wildman–Crippen LogP) is 2.44. The summed E-state index contributed by atoms with van der Waals surface area (Å²) in [5.41, 5.74) is 0.723. The fourth-order valence-corrected chi connectivity index (χ4v) is 2.24. The summed E-state index contributed by atoms with van der Waals surface area (Å²) in [7, 11) is 0. The highest BCUT2D eigenvalue weighted by atomic mass is 16.5. The molecule has 0 spiro atoms. The molecule has 1 unspecified atom stereocenters. The number of hydrogen-bond donors (Lipinski definition) is 0. The molecule has 0 bridgehead atoms. The van der Waals surface area contributed by atoms with Crippen molar-refractivity contribution in [1.82, 2.24) is 9.78 Å². The van der Waals surface area contributed by atoms with Crippen molar-refractivity contribution in [3.8, 4) is 0 Å². The third kappa shape index (κ3) is 3.16. The van der Waals surface area contributed by atoms with Crippen molar-refractivity contribution < 1.29 is 9.53 Å². The highest BCUT2D eigenvalue weighted by Gasteiger charge is 2.20. The minimum absolute atomic E-state index is 0.112. The summed E-state index contributed by atoms with van der Waals surface area (Å²) < 4.78 is 7.39. The van der Waals surface area contributed by atoms with Crippen LogP contribution < -0.4 is 0 Å². The van der Waals surface area contributed by atoms with Crippen molar-refractivity contribution in [3.05, 3.63) is 18.0 Å². The largest absolute Gasteiger partial charge is 0.378 e. The molecule has 1 aliphatic rings. The Balaban J connectivity index is 1.96. The van der Waals surface area contributed by atoms with Crippen molar-refractivity contribution in [2.75, 3.05) is 6.61 Å². The van der Waals surface area contributed by atoms with Gasteiger partial charge in [-0.15, -0.1) is 0 Å². The zero-order chi connectivity index (χ0) is 12.1. The summed E-state index contributed by atoms with van der Waals surface area (Å²) in [6.45, 7) is 3.69. The van der Waals surface area contributed by atoms with Gasteiger partial charge in [0.05, 0.1) is 6.10 Å². The molecule has 1 saturated heterocycles. The van der Waals surface area contributed by atoms with Crippen molar-refractivity contribution in [2.45, 2.75) is 51.7 Å². The van der Waals surface area contributed by atoms with Gasteiger partial charge in [-0.25, -0.2) is 0 Å². The maximum atomic E-state index is 12.1. The number of carbonyl (C=O) groups is 1. The van der Waals surface area contributed by atoms with Crippen molar-refractivity contribution in [1.29, 1.82) is 0 Å². The number of nitrogens with zero attached hydrogens (tertiary/aromatic N) is 2. The molecule has 4 heteroatoms. The summed E-state index contributed by atoms with van der Waals surface area (Å²) in [5.74, 6) is 0.155. The first-order chi connectivity index (χ1) is 8.31. The second-order valence-electron chi connectivity index (χ2n) is 4.56. The van der Waals surface area contributed by atoms with Gasteiger partial charge >= 0.3 is 0 Å². The van der Waals surface area contributed by atoms with Gasteiger partial charge in [0.2, 0.25) is 0 Å². The fourth-order valence-electron chi connectivity index (χ4n) is 2.24. The molecule has 1 aromatic rings. The van der Waals surface area contributed by atoms with E-state index in [9.17, 15) is 4.79 Å². The average molecular weight is 236 g/mol. The van der Waals surface area contributed by atoms with Gasteiger partial charge in [-0.1, -0.05) is 6.92 Å². The molecule has 2 rings (SSSR count). The van der Waals surface area contributed by atoms with Crippen LogP contribution in [-0.4, -0.2) is 28.3 Å². The molecular formula is C13H20N2O2. The summed E-state index contributed by atoms with van der Waals surface area (Å²) in [5, 5.41) is 4.18. The number of rotatable bonds is 5. The van der Waals surface area contributed by atoms with Crippen LogP contribution in [0.5, 0.6) is 0 Å². The molecule has 94 valence electrons. The van der Waals surface area contributed by atoms with Crippen LogP contribution in [0.25, 0.3) is 0 Å². The number of aromatic nitrogens is 2. The minimum Gasteiger partial charge on any atom is -0.378 e. The average Bonchev–Trinajstić information content (AvgIpc) is 2.79. The maximum absolute atomic E-state index is 12.1. The zero-order valence-corrected chi connectivity index (χ0v) is 10.4. The van der Waals surface area contributed by atoms with Crippen LogP contribution in [0.2, 0.25) is 0 Å². The molecule has 1 atom stereocenters. The Hall–Kier alpha value is -1.16. The molecule has 0 saturated carbocycles. The normalized spacial score (nSPS) is 20.4. The number of ether oxygens (including phenoxy) is 1. The molecule has 4 nitrogen and oxygen atoms in total. The summed E-state index contributed by atoms with van der Waals surface area (Å²) in [6.07, 6.45) is 6.60. The Kier molecular flexibility index (Phi) is 4.31. The molecule has 0 amide bonds. The lowest BCUT2D eigenvalue weighted by Gasteiger charge is -2.21. The van der Waals surface area contributed by atoms with E-state index in [0.29, 0.717) is 6.42 Å². The maximum Gasteiger partial charge on any atom is 0.183 e. The quantitative estimate of drug-likeness (QED) is 0.737. The van der Waals surface area contributed by atoms with Crippen LogP contribution in [-0.2, 0) is 11.3 Å². The number of carbonyl (C=O) groups excluding carboxylic acids is 1. The van der Waals surface area contributed by atoms with E-state index in [1.54, 1.807) is 16.9 Å². The van der Waals surface area contributed by atoms with Gasteiger partial charge in [-0.2, -0.15) is 5.10 Å². The molecule has 17 heavy (non-hydrogen) atoms. The topological polar surface area (TPSA) is 44.1 Å². The highest BCUT2D eigenvalue weighted by Crippen LogP contribution is 2.18. The number of Topliss-reactive ketones (excluding diaryl/α,β-unsaturated/α-hetero) is 1. The molecule has 1 aliphatic heterocycles. The van der Waals surface area contributed by atoms with Gasteiger partial charge in [0.1, 0.15) is 5.69 Å². The Morgan fingerprint density at radius 1 is 1.59 bits per heavy atom. The van der Waals surface area contributed by atoms with Crippen LogP contribution in [0.4, 0.5) is 0 Å². The van der Waals surface area contributed by atoms with Crippen molar-refractivity contribution >= 4 is 5.78 Å². The number of ketones is 1. The standard InChI is InChI=1S/C13H20N2O2/c1-2-8-15-12(6-7-14-15)13(16)10-11-5-3-4-9-17-11/h6-7,11H,2-5,8-10H2,1H3. The van der Waals surface area contributed by atoms with E-state index in [2.05, 4.69) is 12.0 Å². The lowest BCUT2D eigenvalue weighted by atomic mass is 10.0. The van der Waals surface area contributed by atoms with Crippen LogP contribution >= 0.6 is 0 Å². The van der Waals surface area contributed by atoms with Gasteiger partial charge in [-0.05, 0) is 31.7 Å². The highest BCUT2D eigenvalue weighted by molar-refractivity contribution is 5.94. The smallest absolute Gasteiger partial charge is 0.183 e. The van der Waals surface area contributed by atoms with Gasteiger partial charge in [0.15, 0.2) is 5.78 Å². The second kappa shape index (κ2) is 5.96. The van der Waals surface area contributed by atoms with Gasteiger partial charge in [0, 0.05) is 25.8 Å². The number of hydrogen-bond acceptors (Lipinski definition) is 3. The van der Waals surface area contributed by atoms with E-state index in [4.69, 9.17) is 4.74 Å². The van der Waals surface area contributed by atoms with E-state index in [1.807, 2.05) is 0 Å². The SMILES string of the molecule is CCCn1nccc1C(=O)CC1CCCCO1. The van der Waals surface area contributed by atoms with E-state index in [1.165, 1.54) is 6.42 Å². The summed E-state index contributed by atoms with van der Waals surface area (Å²) in [6, 6.07) is 1.81. The molecule has 0 aliphatic carbocycles. The second-order valence-corrected chi connectivity index (χ2v) is 4.56. The number of aryl methyl sites for hydroxylation is 1. The Bertz CT molecular complexity index is 367. The van der Waals surface area contributed by atoms with E-state index < -0.39 is 0 Å². The molecule has 1 aromatic heterocycles. The van der Waals surface area contributed by atoms with Crippen LogP contribution in [0.3, 0.4) is 0 Å². The lowest BCUT2D eigenvalue weighted by molar-refractivity contribution is 0.0127. The minimum atomic E-state index is 0.112. The van der Waals surface area contributed by atoms with Crippen LogP contribution in [0, 0.1) is 0 Å². The Morgan fingerprint density at radius 2 is 2.47 bits per heavy atom. The molecule has 2 heterocycles. The monoisotopic (exact) mass is 236 g/mol. The third-order valence-electron chi connectivity index (χ3n) is 3.12. The third-order valence-corrected chi connectivity index (χ3v) is 3.12.